The summed E-state index contributed by atoms with van der Waals surface area (Å²) in [5.41, 5.74) is 9.38. The Bertz CT molecular complexity index is 567. The topological polar surface area (TPSA) is 60.9 Å². The van der Waals surface area contributed by atoms with Gasteiger partial charge in [0.05, 0.1) is 6.33 Å². The fraction of sp³-hybridized carbons (Fsp3) is 0.333. The molecule has 0 amide bonds. The molecule has 0 saturated heterocycles. The van der Waals surface area contributed by atoms with E-state index >= 15 is 0 Å². The molecule has 0 aliphatic heterocycles. The van der Waals surface area contributed by atoms with Crippen LogP contribution < -0.4 is 5.73 Å². The summed E-state index contributed by atoms with van der Waals surface area (Å²) >= 11 is 0. The number of nitrogens with zero attached hydrogens (tertiary/aromatic N) is 2. The number of imidazole rings is 1. The maximum Gasteiger partial charge on any atom is 0.187 e. The van der Waals surface area contributed by atoms with Gasteiger partial charge in [-0.25, -0.2) is 4.98 Å². The lowest BCUT2D eigenvalue weighted by molar-refractivity contribution is 0.0988. The molecule has 4 heteroatoms. The molecule has 1 heterocycles. The molecule has 0 fully saturated rings. The molecule has 100 valence electrons. The summed E-state index contributed by atoms with van der Waals surface area (Å²) in [6.45, 7) is 5.29. The minimum atomic E-state index is 0.0492. The number of nitrogens with two attached hydrogens (primary N) is 1. The lowest BCUT2D eigenvalue weighted by atomic mass is 9.97. The van der Waals surface area contributed by atoms with Gasteiger partial charge in [-0.15, -0.1) is 0 Å². The fourth-order valence-corrected chi connectivity index (χ4v) is 2.15. The van der Waals surface area contributed by atoms with E-state index in [1.807, 2.05) is 36.6 Å². The van der Waals surface area contributed by atoms with Crippen LogP contribution in [0.4, 0.5) is 0 Å². The third-order valence-corrected chi connectivity index (χ3v) is 3.29. The summed E-state index contributed by atoms with van der Waals surface area (Å²) in [4.78, 5) is 16.4. The Morgan fingerprint density at radius 3 is 2.63 bits per heavy atom. The van der Waals surface area contributed by atoms with Crippen molar-refractivity contribution in [1.29, 1.82) is 0 Å². The van der Waals surface area contributed by atoms with Gasteiger partial charge in [0.25, 0.3) is 0 Å². The molecule has 0 spiro atoms. The second-order valence-electron chi connectivity index (χ2n) is 4.76. The molecule has 0 radical (unpaired) electrons. The third-order valence-electron chi connectivity index (χ3n) is 3.29. The van der Waals surface area contributed by atoms with Gasteiger partial charge in [0.1, 0.15) is 5.69 Å². The van der Waals surface area contributed by atoms with Crippen LogP contribution in [0.1, 0.15) is 27.2 Å². The van der Waals surface area contributed by atoms with E-state index in [1.165, 1.54) is 0 Å². The molecular weight excluding hydrogens is 238 g/mol. The van der Waals surface area contributed by atoms with E-state index in [0.717, 1.165) is 16.7 Å². The number of carbonyl (C=O) groups excluding carboxylic acids is 1. The van der Waals surface area contributed by atoms with Crippen molar-refractivity contribution in [2.75, 3.05) is 6.54 Å². The SMILES string of the molecule is Cc1cccc(C)c1CC(=O)c1cn(CCN)cn1. The molecule has 0 aliphatic rings. The van der Waals surface area contributed by atoms with Gasteiger partial charge in [-0.1, -0.05) is 18.2 Å². The van der Waals surface area contributed by atoms with E-state index in [-0.39, 0.29) is 5.78 Å². The van der Waals surface area contributed by atoms with Crippen molar-refractivity contribution in [1.82, 2.24) is 9.55 Å². The Hall–Kier alpha value is -1.94. The van der Waals surface area contributed by atoms with Crippen LogP contribution in [0, 0.1) is 13.8 Å². The van der Waals surface area contributed by atoms with E-state index in [9.17, 15) is 4.79 Å². The van der Waals surface area contributed by atoms with E-state index in [1.54, 1.807) is 12.5 Å². The standard InChI is InChI=1S/C15H19N3O/c1-11-4-3-5-12(2)13(11)8-15(19)14-9-18(7-6-16)10-17-14/h3-5,9-10H,6-8,16H2,1-2H3. The first-order valence-electron chi connectivity index (χ1n) is 6.42. The molecule has 0 unspecified atom stereocenters. The van der Waals surface area contributed by atoms with Crippen LogP contribution in [0.2, 0.25) is 0 Å². The van der Waals surface area contributed by atoms with Crippen molar-refractivity contribution in [3.05, 3.63) is 53.1 Å². The smallest absolute Gasteiger partial charge is 0.187 e. The first-order chi connectivity index (χ1) is 9.11. The Morgan fingerprint density at radius 2 is 2.00 bits per heavy atom. The predicted molar refractivity (Wildman–Crippen MR) is 75.2 cm³/mol. The zero-order chi connectivity index (χ0) is 13.8. The number of aromatic nitrogens is 2. The van der Waals surface area contributed by atoms with Gasteiger partial charge in [0.15, 0.2) is 5.78 Å². The molecule has 2 aromatic rings. The van der Waals surface area contributed by atoms with Crippen LogP contribution >= 0.6 is 0 Å². The number of Topliss-reactive ketones (excluding diaryl/α,β-unsaturated/α-hetero) is 1. The van der Waals surface area contributed by atoms with Crippen molar-refractivity contribution in [3.63, 3.8) is 0 Å². The first kappa shape index (κ1) is 13.5. The summed E-state index contributed by atoms with van der Waals surface area (Å²) in [5, 5.41) is 0. The average molecular weight is 257 g/mol. The van der Waals surface area contributed by atoms with E-state index in [2.05, 4.69) is 4.98 Å². The minimum Gasteiger partial charge on any atom is -0.335 e. The largest absolute Gasteiger partial charge is 0.335 e. The molecule has 2 rings (SSSR count). The summed E-state index contributed by atoms with van der Waals surface area (Å²) in [6, 6.07) is 6.07. The lowest BCUT2D eigenvalue weighted by Crippen LogP contribution is -2.09. The molecule has 19 heavy (non-hydrogen) atoms. The van der Waals surface area contributed by atoms with Crippen LogP contribution in [-0.4, -0.2) is 21.9 Å². The highest BCUT2D eigenvalue weighted by Gasteiger charge is 2.13. The number of benzene rings is 1. The number of rotatable bonds is 5. The van der Waals surface area contributed by atoms with Gasteiger partial charge < -0.3 is 10.3 Å². The van der Waals surface area contributed by atoms with E-state index in [4.69, 9.17) is 5.73 Å². The zero-order valence-corrected chi connectivity index (χ0v) is 11.4. The molecular formula is C15H19N3O. The van der Waals surface area contributed by atoms with Crippen LogP contribution in [0.25, 0.3) is 0 Å². The maximum absolute atomic E-state index is 12.2. The normalized spacial score (nSPS) is 10.7. The van der Waals surface area contributed by atoms with Crippen LogP contribution in [0.5, 0.6) is 0 Å². The molecule has 0 aliphatic carbocycles. The molecule has 2 N–H and O–H groups in total. The lowest BCUT2D eigenvalue weighted by Gasteiger charge is -2.07. The third kappa shape index (κ3) is 3.09. The number of hydrogen-bond acceptors (Lipinski definition) is 3. The van der Waals surface area contributed by atoms with E-state index in [0.29, 0.717) is 25.2 Å². The monoisotopic (exact) mass is 257 g/mol. The zero-order valence-electron chi connectivity index (χ0n) is 11.4. The second kappa shape index (κ2) is 5.80. The van der Waals surface area contributed by atoms with Crippen LogP contribution in [0.15, 0.2) is 30.7 Å². The highest BCUT2D eigenvalue weighted by atomic mass is 16.1. The highest BCUT2D eigenvalue weighted by molar-refractivity contribution is 5.95. The van der Waals surface area contributed by atoms with Gasteiger partial charge in [0, 0.05) is 25.7 Å². The summed E-state index contributed by atoms with van der Waals surface area (Å²) < 4.78 is 1.85. The minimum absolute atomic E-state index is 0.0492. The quantitative estimate of drug-likeness (QED) is 0.832. The van der Waals surface area contributed by atoms with Crippen molar-refractivity contribution in [2.24, 2.45) is 5.73 Å². The number of carbonyl (C=O) groups is 1. The summed E-state index contributed by atoms with van der Waals surface area (Å²) in [6.07, 6.45) is 3.83. The molecule has 0 bridgehead atoms. The van der Waals surface area contributed by atoms with E-state index < -0.39 is 0 Å². The second-order valence-corrected chi connectivity index (χ2v) is 4.76. The molecule has 1 aromatic carbocycles. The number of aryl methyl sites for hydroxylation is 2. The van der Waals surface area contributed by atoms with Crippen molar-refractivity contribution >= 4 is 5.78 Å². The fourth-order valence-electron chi connectivity index (χ4n) is 2.15. The maximum atomic E-state index is 12.2. The highest BCUT2D eigenvalue weighted by Crippen LogP contribution is 2.15. The Kier molecular flexibility index (Phi) is 4.12. The molecule has 0 saturated carbocycles. The predicted octanol–water partition coefficient (Wildman–Crippen LogP) is 1.88. The Balaban J connectivity index is 2.16. The van der Waals surface area contributed by atoms with Crippen molar-refractivity contribution in [3.8, 4) is 0 Å². The van der Waals surface area contributed by atoms with Crippen molar-refractivity contribution < 1.29 is 4.79 Å². The Labute approximate surface area is 113 Å². The van der Waals surface area contributed by atoms with Crippen molar-refractivity contribution in [2.45, 2.75) is 26.8 Å². The van der Waals surface area contributed by atoms with Crippen LogP contribution in [-0.2, 0) is 13.0 Å². The van der Waals surface area contributed by atoms with Gasteiger partial charge in [0.2, 0.25) is 0 Å². The number of hydrogen-bond donors (Lipinski definition) is 1. The number of ketones is 1. The molecule has 0 atom stereocenters. The van der Waals surface area contributed by atoms with Gasteiger partial charge in [-0.05, 0) is 30.5 Å². The van der Waals surface area contributed by atoms with Gasteiger partial charge in [-0.2, -0.15) is 0 Å². The Morgan fingerprint density at radius 1 is 1.32 bits per heavy atom. The molecule has 1 aromatic heterocycles. The van der Waals surface area contributed by atoms with Crippen LogP contribution in [0.3, 0.4) is 0 Å². The molecule has 4 nitrogen and oxygen atoms in total. The van der Waals surface area contributed by atoms with Gasteiger partial charge in [-0.3, -0.25) is 4.79 Å². The first-order valence-corrected chi connectivity index (χ1v) is 6.42. The summed E-state index contributed by atoms with van der Waals surface area (Å²) in [7, 11) is 0. The van der Waals surface area contributed by atoms with Gasteiger partial charge >= 0.3 is 0 Å². The average Bonchev–Trinajstić information content (AvgIpc) is 2.83. The summed E-state index contributed by atoms with van der Waals surface area (Å²) in [5.74, 6) is 0.0492.